The Kier molecular flexibility index (Phi) is 8.83. The molecular formula is C34H43N5O9. The maximum atomic E-state index is 14.4. The van der Waals surface area contributed by atoms with Crippen LogP contribution in [0.4, 0.5) is 5.69 Å². The minimum atomic E-state index is -2.78. The number of Topliss-reactive ketones (excluding diaryl/α,β-unsaturated/α-hetero) is 4. The molecule has 2 saturated carbocycles. The largest absolute Gasteiger partial charge is 0.506 e. The number of β-amino-alcohol motifs (C(OH)–C–C–N with tert-alkyl or cyclic N) is 1. The van der Waals surface area contributed by atoms with Gasteiger partial charge >= 0.3 is 0 Å². The number of amides is 1. The van der Waals surface area contributed by atoms with Crippen molar-refractivity contribution < 1.29 is 43.7 Å². The predicted octanol–water partition coefficient (Wildman–Crippen LogP) is -0.697. The van der Waals surface area contributed by atoms with Gasteiger partial charge in [0, 0.05) is 58.4 Å². The molecule has 2 aromatic rings. The van der Waals surface area contributed by atoms with Crippen molar-refractivity contribution in [1.29, 1.82) is 0 Å². The van der Waals surface area contributed by atoms with Crippen molar-refractivity contribution in [2.75, 3.05) is 72.4 Å². The van der Waals surface area contributed by atoms with Gasteiger partial charge in [0.25, 0.3) is 0 Å². The van der Waals surface area contributed by atoms with Gasteiger partial charge in [-0.1, -0.05) is 0 Å². The number of likely N-dealkylation sites (N-methyl/N-ethyl adjacent to an activating group) is 1. The van der Waals surface area contributed by atoms with Gasteiger partial charge < -0.3 is 30.4 Å². The monoisotopic (exact) mass is 665 g/mol. The average molecular weight is 666 g/mol. The molecule has 1 amide bonds. The maximum Gasteiger partial charge on any atom is 0.235 e. The number of ketones is 4. The van der Waals surface area contributed by atoms with E-state index >= 15 is 0 Å². The van der Waals surface area contributed by atoms with Gasteiger partial charge in [-0.25, -0.2) is 0 Å². The van der Waals surface area contributed by atoms with Crippen molar-refractivity contribution in [3.63, 3.8) is 0 Å². The van der Waals surface area contributed by atoms with E-state index in [4.69, 9.17) is 10.2 Å². The molecule has 3 fully saturated rings. The van der Waals surface area contributed by atoms with Crippen molar-refractivity contribution in [3.8, 4) is 17.1 Å². The molecule has 1 aromatic heterocycles. The topological polar surface area (TPSA) is 198 Å². The number of rotatable bonds is 8. The number of carbonyl (C=O) groups excluding carboxylic acids is 5. The number of phenolic OH excluding ortho intramolecular Hbond substituents is 1. The molecule has 3 unspecified atom stereocenters. The molecule has 1 saturated heterocycles. The quantitative estimate of drug-likeness (QED) is 0.259. The highest BCUT2D eigenvalue weighted by Crippen LogP contribution is 2.53. The number of aliphatic hydroxyl groups is 2. The van der Waals surface area contributed by atoms with Crippen LogP contribution in [0.5, 0.6) is 5.75 Å². The van der Waals surface area contributed by atoms with Gasteiger partial charge in [0.05, 0.1) is 36.2 Å². The molecule has 4 aliphatic rings. The van der Waals surface area contributed by atoms with Gasteiger partial charge in [-0.05, 0) is 56.6 Å². The van der Waals surface area contributed by atoms with Crippen LogP contribution in [0.3, 0.4) is 0 Å². The number of primary amides is 1. The number of nitrogens with zero attached hydrogens (tertiary/aromatic N) is 4. The molecule has 2 heterocycles. The molecule has 14 nitrogen and oxygen atoms in total. The van der Waals surface area contributed by atoms with Crippen LogP contribution in [-0.4, -0.2) is 138 Å². The van der Waals surface area contributed by atoms with Crippen molar-refractivity contribution in [1.82, 2.24) is 14.7 Å². The second kappa shape index (κ2) is 12.5. The highest BCUT2D eigenvalue weighted by atomic mass is 16.3. The maximum absolute atomic E-state index is 14.4. The molecular weight excluding hydrogens is 622 g/mol. The summed E-state index contributed by atoms with van der Waals surface area (Å²) in [6.07, 6.45) is 0.147. The first kappa shape index (κ1) is 33.9. The van der Waals surface area contributed by atoms with Crippen molar-refractivity contribution in [3.05, 3.63) is 35.1 Å². The molecule has 1 aromatic carbocycles. The fourth-order valence-corrected chi connectivity index (χ4v) is 8.38. The van der Waals surface area contributed by atoms with Gasteiger partial charge in [-0.15, -0.1) is 0 Å². The first-order chi connectivity index (χ1) is 22.7. The zero-order valence-corrected chi connectivity index (χ0v) is 27.6. The van der Waals surface area contributed by atoms with Crippen LogP contribution in [0.1, 0.15) is 28.1 Å². The Hall–Kier alpha value is -3.95. The summed E-state index contributed by atoms with van der Waals surface area (Å²) in [7, 11) is 6.70. The van der Waals surface area contributed by atoms with E-state index in [9.17, 15) is 39.3 Å². The number of carbonyl (C=O) groups is 5. The van der Waals surface area contributed by atoms with Gasteiger partial charge in [0.15, 0.2) is 34.7 Å². The van der Waals surface area contributed by atoms with Crippen LogP contribution in [-0.2, 0) is 32.1 Å². The predicted molar refractivity (Wildman–Crippen MR) is 172 cm³/mol. The Morgan fingerprint density at radius 3 is 2.31 bits per heavy atom. The van der Waals surface area contributed by atoms with Gasteiger partial charge in [-0.3, -0.25) is 38.7 Å². The SMILES string of the molecule is CN(C)c1cc(-c2ccc(CN3CCN(CCO)CC3)o2)c(O)c2c1C[C@H]1C[C@H]3C(N(C)C)C(=O)C(C(N)=O)C(=O)[C@@]3(O)C(=O)C1C2=O. The highest BCUT2D eigenvalue weighted by Gasteiger charge is 2.69. The standard InChI is InChI=1S/C34H43N5O9/c1-36(2)22-15-20(23-6-5-18(48-23)16-39-9-7-38(8-10-39)11-12-40)28(41)25-19(22)13-17-14-21-27(37(3)4)30(43)26(33(35)46)32(45)34(21,47)31(44)24(17)29(25)42/h5-6,15,17,21,24,26-27,40-41,47H,7-14,16H2,1-4H3,(H2,35,46)/t17-,21-,24?,26?,27?,34-/m0/s1. The molecule has 0 spiro atoms. The average Bonchev–Trinajstić information content (AvgIpc) is 3.47. The lowest BCUT2D eigenvalue weighted by Crippen LogP contribution is -2.74. The molecule has 48 heavy (non-hydrogen) atoms. The smallest absolute Gasteiger partial charge is 0.235 e. The Bertz CT molecular complexity index is 1680. The number of hydrogen-bond donors (Lipinski definition) is 4. The molecule has 258 valence electrons. The van der Waals surface area contributed by atoms with Crippen LogP contribution in [0.2, 0.25) is 0 Å². The third-order valence-electron chi connectivity index (χ3n) is 10.7. The van der Waals surface area contributed by atoms with Crippen LogP contribution in [0.25, 0.3) is 11.3 Å². The Balaban J connectivity index is 1.36. The number of piperazine rings is 1. The van der Waals surface area contributed by atoms with E-state index < -0.39 is 64.4 Å². The summed E-state index contributed by atoms with van der Waals surface area (Å²) in [6, 6.07) is 4.12. The summed E-state index contributed by atoms with van der Waals surface area (Å²) < 4.78 is 6.18. The number of nitrogens with two attached hydrogens (primary N) is 1. The lowest BCUT2D eigenvalue weighted by atomic mass is 9.52. The van der Waals surface area contributed by atoms with E-state index in [1.165, 1.54) is 4.90 Å². The number of furan rings is 1. The van der Waals surface area contributed by atoms with Gasteiger partial charge in [0.1, 0.15) is 17.3 Å². The van der Waals surface area contributed by atoms with Crippen LogP contribution in [0, 0.1) is 23.7 Å². The number of anilines is 1. The molecule has 1 aliphatic heterocycles. The Morgan fingerprint density at radius 1 is 1.04 bits per heavy atom. The minimum Gasteiger partial charge on any atom is -0.506 e. The van der Waals surface area contributed by atoms with Crippen LogP contribution >= 0.6 is 0 Å². The van der Waals surface area contributed by atoms with Crippen LogP contribution < -0.4 is 10.6 Å². The number of phenols is 1. The van der Waals surface area contributed by atoms with Crippen molar-refractivity contribution in [2.45, 2.75) is 31.0 Å². The second-order valence-electron chi connectivity index (χ2n) is 13.9. The van der Waals surface area contributed by atoms with Gasteiger partial charge in [-0.2, -0.15) is 0 Å². The van der Waals surface area contributed by atoms with E-state index in [0.29, 0.717) is 35.9 Å². The minimum absolute atomic E-state index is 0.0188. The number of aliphatic hydroxyl groups excluding tert-OH is 1. The molecule has 0 radical (unpaired) electrons. The number of benzene rings is 1. The lowest BCUT2D eigenvalue weighted by molar-refractivity contribution is -0.181. The summed E-state index contributed by atoms with van der Waals surface area (Å²) in [5.41, 5.74) is 3.95. The summed E-state index contributed by atoms with van der Waals surface area (Å²) in [5, 5.41) is 32.8. The van der Waals surface area contributed by atoms with E-state index in [0.717, 1.165) is 26.2 Å². The van der Waals surface area contributed by atoms with E-state index in [1.54, 1.807) is 45.2 Å². The first-order valence-corrected chi connectivity index (χ1v) is 16.3. The van der Waals surface area contributed by atoms with Crippen molar-refractivity contribution in [2.24, 2.45) is 29.4 Å². The molecule has 6 rings (SSSR count). The summed E-state index contributed by atoms with van der Waals surface area (Å²) in [6.45, 7) is 4.54. The number of hydrogen-bond acceptors (Lipinski definition) is 13. The fraction of sp³-hybridized carbons (Fsp3) is 0.559. The third kappa shape index (κ3) is 5.26. The molecule has 5 N–H and O–H groups in total. The van der Waals surface area contributed by atoms with E-state index in [2.05, 4.69) is 9.80 Å². The zero-order valence-electron chi connectivity index (χ0n) is 27.6. The Labute approximate surface area is 278 Å². The van der Waals surface area contributed by atoms with E-state index in [1.807, 2.05) is 6.07 Å². The fourth-order valence-electron chi connectivity index (χ4n) is 8.38. The molecule has 14 heteroatoms. The van der Waals surface area contributed by atoms with E-state index in [-0.39, 0.29) is 36.3 Å². The molecule has 6 atom stereocenters. The second-order valence-corrected chi connectivity index (χ2v) is 13.9. The normalized spacial score (nSPS) is 29.5. The summed E-state index contributed by atoms with van der Waals surface area (Å²) in [4.78, 5) is 75.4. The zero-order chi connectivity index (χ0) is 34.8. The molecule has 3 aliphatic carbocycles. The van der Waals surface area contributed by atoms with Crippen LogP contribution in [0.15, 0.2) is 22.6 Å². The first-order valence-electron chi connectivity index (χ1n) is 16.3. The Morgan fingerprint density at radius 2 is 1.71 bits per heavy atom. The lowest BCUT2D eigenvalue weighted by Gasteiger charge is -2.52. The van der Waals surface area contributed by atoms with Crippen molar-refractivity contribution >= 4 is 34.7 Å². The molecule has 0 bridgehead atoms. The highest BCUT2D eigenvalue weighted by molar-refractivity contribution is 6.32. The summed E-state index contributed by atoms with van der Waals surface area (Å²) in [5.74, 6) is -9.91. The number of fused-ring (bicyclic) bond motifs is 3. The number of aromatic hydroxyl groups is 1. The van der Waals surface area contributed by atoms with Gasteiger partial charge in [0.2, 0.25) is 5.91 Å². The summed E-state index contributed by atoms with van der Waals surface area (Å²) >= 11 is 0. The third-order valence-corrected chi connectivity index (χ3v) is 10.7.